The number of hydrogen-bond acceptors (Lipinski definition) is 4. The second kappa shape index (κ2) is 12.4. The monoisotopic (exact) mass is 669 g/mol. The van der Waals surface area contributed by atoms with Crippen LogP contribution in [0.2, 0.25) is 0 Å². The van der Waals surface area contributed by atoms with E-state index in [2.05, 4.69) is 15.0 Å². The van der Waals surface area contributed by atoms with Gasteiger partial charge in [-0.3, -0.25) is 0 Å². The van der Waals surface area contributed by atoms with Crippen LogP contribution in [0.5, 0.6) is 0 Å². The predicted molar refractivity (Wildman–Crippen MR) is 204 cm³/mol. The maximum atomic E-state index is 9.70. The maximum Gasteiger partial charge on any atom is 0.164 e. The SMILES string of the molecule is [2H]c1c([2H])c([2H])c(-c2nc(-c3c([2H])c([2H])c([2H])c(C)c3[2H])nc(-c3c([2H])c([2H])c([2H])c(-c4c([2H])c([2H])c([2H])c5c4oc4c(-c6c([2H])c([2H])c(-c7c([2H])c([2H])c([2H])c([2H])c7[2H])c([2H])c6[2H])c([2H])c([2H])c([2H])c45)c3[2H])n2)c([2H])c1[2H]. The van der Waals surface area contributed by atoms with Gasteiger partial charge in [-0.15, -0.1) is 0 Å². The van der Waals surface area contributed by atoms with Crippen LogP contribution < -0.4 is 0 Å². The number of aromatic nitrogens is 3. The van der Waals surface area contributed by atoms with Gasteiger partial charge < -0.3 is 4.42 Å². The molecule has 0 fully saturated rings. The Labute approximate surface area is 329 Å². The van der Waals surface area contributed by atoms with Crippen molar-refractivity contribution in [1.82, 2.24) is 15.0 Å². The molecule has 0 atom stereocenters. The predicted octanol–water partition coefficient (Wildman–Crippen LogP) is 12.1. The number of para-hydroxylation sites is 2. The molecule has 0 aliphatic heterocycles. The minimum absolute atomic E-state index is 0.145. The van der Waals surface area contributed by atoms with Crippen LogP contribution >= 0.6 is 0 Å². The minimum atomic E-state index is -1.04. The number of furan rings is 1. The van der Waals surface area contributed by atoms with Crippen LogP contribution in [0.1, 0.15) is 43.9 Å². The van der Waals surface area contributed by atoms with Gasteiger partial charge in [-0.1, -0.05) is 163 Å². The van der Waals surface area contributed by atoms with Crippen molar-refractivity contribution in [3.8, 4) is 67.5 Å². The van der Waals surface area contributed by atoms with Gasteiger partial charge in [0.1, 0.15) is 11.2 Å². The molecule has 0 bridgehead atoms. The summed E-state index contributed by atoms with van der Waals surface area (Å²) in [5, 5.41) is -1.18. The topological polar surface area (TPSA) is 51.8 Å². The highest BCUT2D eigenvalue weighted by Crippen LogP contribution is 2.40. The average molecular weight is 670 g/mol. The molecule has 9 rings (SSSR count). The summed E-state index contributed by atoms with van der Waals surface area (Å²) in [6.07, 6.45) is 0. The molecule has 0 amide bonds. The Morgan fingerprint density at radius 2 is 0.820 bits per heavy atom. The number of nitrogens with zero attached hydrogens (tertiary/aromatic N) is 3. The molecule has 50 heavy (non-hydrogen) atoms. The second-order valence-corrected chi connectivity index (χ2v) is 10.3. The van der Waals surface area contributed by atoms with Crippen molar-refractivity contribution in [3.63, 3.8) is 0 Å². The van der Waals surface area contributed by atoms with Crippen molar-refractivity contribution in [2.45, 2.75) is 6.92 Å². The van der Waals surface area contributed by atoms with E-state index in [1.54, 1.807) is 0 Å². The van der Waals surface area contributed by atoms with Crippen molar-refractivity contribution in [2.24, 2.45) is 0 Å². The summed E-state index contributed by atoms with van der Waals surface area (Å²) in [5.41, 5.74) is -8.24. The number of rotatable bonds is 6. The molecule has 7 aromatic carbocycles. The van der Waals surface area contributed by atoms with E-state index >= 15 is 0 Å². The first-order chi connectivity index (χ1) is 36.3. The summed E-state index contributed by atoms with van der Waals surface area (Å²) in [5.74, 6) is -2.33. The van der Waals surface area contributed by atoms with E-state index in [1.807, 2.05) is 0 Å². The fraction of sp³-hybridized carbons (Fsp3) is 0.0217. The first-order valence-electron chi connectivity index (χ1n) is 28.5. The number of benzene rings is 7. The van der Waals surface area contributed by atoms with Crippen molar-refractivity contribution < 1.29 is 42.8 Å². The highest BCUT2D eigenvalue weighted by atomic mass is 16.3. The van der Waals surface area contributed by atoms with Crippen LogP contribution in [-0.4, -0.2) is 15.0 Å². The van der Waals surface area contributed by atoms with Crippen molar-refractivity contribution in [1.29, 1.82) is 0 Å². The Balaban J connectivity index is 1.41. The molecule has 4 heteroatoms. The van der Waals surface area contributed by atoms with Crippen molar-refractivity contribution in [2.75, 3.05) is 0 Å². The van der Waals surface area contributed by atoms with E-state index in [4.69, 9.17) is 38.7 Å². The van der Waals surface area contributed by atoms with Crippen LogP contribution in [0.15, 0.2) is 174 Å². The van der Waals surface area contributed by atoms with E-state index in [0.717, 1.165) is 0 Å². The Morgan fingerprint density at radius 3 is 1.46 bits per heavy atom. The molecule has 2 heterocycles. The Morgan fingerprint density at radius 1 is 0.380 bits per heavy atom. The van der Waals surface area contributed by atoms with Crippen LogP contribution in [0.25, 0.3) is 89.5 Å². The summed E-state index contributed by atoms with van der Waals surface area (Å²) >= 11 is 0. The molecule has 0 aliphatic rings. The third kappa shape index (κ3) is 5.43. The highest BCUT2D eigenvalue weighted by Gasteiger charge is 2.17. The first-order valence-corrected chi connectivity index (χ1v) is 14.5. The van der Waals surface area contributed by atoms with E-state index in [1.165, 1.54) is 6.92 Å². The summed E-state index contributed by atoms with van der Waals surface area (Å²) in [7, 11) is 0. The molecule has 9 aromatic rings. The fourth-order valence-corrected chi connectivity index (χ4v) is 4.94. The van der Waals surface area contributed by atoms with Gasteiger partial charge in [-0.25, -0.2) is 15.0 Å². The van der Waals surface area contributed by atoms with E-state index in [-0.39, 0.29) is 5.56 Å². The lowest BCUT2D eigenvalue weighted by Gasteiger charge is -2.10. The number of hydrogen-bond donors (Lipinski definition) is 0. The van der Waals surface area contributed by atoms with Crippen LogP contribution in [-0.2, 0) is 0 Å². The minimum Gasteiger partial charge on any atom is -0.455 e. The van der Waals surface area contributed by atoms with Crippen molar-refractivity contribution in [3.05, 3.63) is 175 Å². The lowest BCUT2D eigenvalue weighted by atomic mass is 9.98. The van der Waals surface area contributed by atoms with Gasteiger partial charge in [-0.05, 0) is 41.3 Å². The maximum absolute atomic E-state index is 9.70. The third-order valence-corrected chi connectivity index (χ3v) is 7.17. The summed E-state index contributed by atoms with van der Waals surface area (Å²) in [6.45, 7) is 1.28. The zero-order chi connectivity index (χ0) is 57.8. The molecule has 2 aromatic heterocycles. The molecular weight excluding hydrogens is 611 g/mol. The Bertz CT molecular complexity index is 4070. The van der Waals surface area contributed by atoms with Gasteiger partial charge in [0.25, 0.3) is 0 Å². The van der Waals surface area contributed by atoms with Crippen LogP contribution in [0.3, 0.4) is 0 Å². The molecule has 0 unspecified atom stereocenters. The smallest absolute Gasteiger partial charge is 0.164 e. The average Bonchev–Trinajstić information content (AvgIpc) is 3.83. The normalized spacial score (nSPS) is 19.1. The number of fused-ring (bicyclic) bond motifs is 3. The molecule has 0 N–H and O–H groups in total. The zero-order valence-electron chi connectivity index (χ0n) is 53.2. The Hall–Kier alpha value is -6.65. The standard InChI is InChI=1S/C46H31N3O/c1-30-12-8-18-36(28-30)45-47-44(34-15-6-3-7-16-34)48-46(49-45)37-19-9-17-35(29-37)39-21-11-23-41-40-22-10-20-38(42(40)50-43(39)41)33-26-24-32(25-27-33)31-13-4-2-5-14-31/h2-29H,1H3/i2D,3D,4D,5D,6D,7D,8D,9D,10D,11D,12D,13D,14D,15D,16D,17D,18D,19D,20D,21D,22D,23D,24D,25D,26D,27D,28D,29D. The summed E-state index contributed by atoms with van der Waals surface area (Å²) in [6, 6.07) is -24.8. The van der Waals surface area contributed by atoms with Gasteiger partial charge in [0.2, 0.25) is 0 Å². The van der Waals surface area contributed by atoms with Gasteiger partial charge in [0.05, 0.1) is 38.4 Å². The molecule has 0 radical (unpaired) electrons. The molecule has 0 spiro atoms. The molecular formula is C46H31N3O. The van der Waals surface area contributed by atoms with Gasteiger partial charge in [-0.2, -0.15) is 0 Å². The van der Waals surface area contributed by atoms with Gasteiger partial charge >= 0.3 is 0 Å². The highest BCUT2D eigenvalue weighted by molar-refractivity contribution is 6.13. The molecule has 0 saturated carbocycles. The zero-order valence-corrected chi connectivity index (χ0v) is 25.2. The quantitative estimate of drug-likeness (QED) is 0.177. The van der Waals surface area contributed by atoms with E-state index in [0.29, 0.717) is 0 Å². The molecule has 4 nitrogen and oxygen atoms in total. The molecule has 0 saturated heterocycles. The van der Waals surface area contributed by atoms with Crippen LogP contribution in [0, 0.1) is 6.92 Å². The van der Waals surface area contributed by atoms with Crippen LogP contribution in [0.4, 0.5) is 0 Å². The summed E-state index contributed by atoms with van der Waals surface area (Å²) in [4.78, 5) is 12.9. The van der Waals surface area contributed by atoms with E-state index < -0.39 is 259 Å². The largest absolute Gasteiger partial charge is 0.455 e. The fourth-order valence-electron chi connectivity index (χ4n) is 4.94. The first kappa shape index (κ1) is 12.3. The van der Waals surface area contributed by atoms with Gasteiger partial charge in [0, 0.05) is 38.6 Å². The lowest BCUT2D eigenvalue weighted by Crippen LogP contribution is -2.00. The van der Waals surface area contributed by atoms with Gasteiger partial charge in [0.15, 0.2) is 17.5 Å². The van der Waals surface area contributed by atoms with Crippen molar-refractivity contribution >= 4 is 21.9 Å². The summed E-state index contributed by atoms with van der Waals surface area (Å²) < 4.78 is 252. The second-order valence-electron chi connectivity index (χ2n) is 10.3. The Kier molecular flexibility index (Phi) is 3.07. The molecule has 0 aliphatic carbocycles. The van der Waals surface area contributed by atoms with E-state index in [9.17, 15) is 4.11 Å². The third-order valence-electron chi connectivity index (χ3n) is 7.17. The lowest BCUT2D eigenvalue weighted by molar-refractivity contribution is 0.671. The molecule has 236 valence electrons.